The van der Waals surface area contributed by atoms with Gasteiger partial charge in [-0.15, -0.1) is 0 Å². The van der Waals surface area contributed by atoms with E-state index in [1.807, 2.05) is 6.07 Å². The number of benzene rings is 1. The van der Waals surface area contributed by atoms with Gasteiger partial charge in [0.15, 0.2) is 0 Å². The van der Waals surface area contributed by atoms with Gasteiger partial charge in [0.2, 0.25) is 0 Å². The molecule has 3 heteroatoms. The van der Waals surface area contributed by atoms with Crippen molar-refractivity contribution in [3.05, 3.63) is 35.9 Å². The van der Waals surface area contributed by atoms with Gasteiger partial charge in [-0.25, -0.2) is 0 Å². The van der Waals surface area contributed by atoms with Gasteiger partial charge in [0.1, 0.15) is 0 Å². The Balaban J connectivity index is 2.49. The minimum absolute atomic E-state index is 0.128. The maximum absolute atomic E-state index is 5.63. The van der Waals surface area contributed by atoms with Crippen LogP contribution in [0.15, 0.2) is 30.3 Å². The van der Waals surface area contributed by atoms with Crippen LogP contribution in [0.25, 0.3) is 0 Å². The van der Waals surface area contributed by atoms with Crippen LogP contribution in [0.4, 0.5) is 0 Å². The smallest absolute Gasteiger partial charge is 0.0820 e. The Bertz CT molecular complexity index is 273. The second-order valence-electron chi connectivity index (χ2n) is 3.91. The molecule has 1 unspecified atom stereocenters. The van der Waals surface area contributed by atoms with Crippen molar-refractivity contribution in [3.63, 3.8) is 0 Å². The van der Waals surface area contributed by atoms with Crippen LogP contribution in [0.3, 0.4) is 0 Å². The summed E-state index contributed by atoms with van der Waals surface area (Å²) < 4.78 is 5.30. The van der Waals surface area contributed by atoms with Gasteiger partial charge in [-0.2, -0.15) is 0 Å². The zero-order valence-corrected chi connectivity index (χ0v) is 10.2. The molecule has 0 aliphatic rings. The average Bonchev–Trinajstić information content (AvgIpc) is 2.35. The van der Waals surface area contributed by atoms with E-state index in [9.17, 15) is 0 Å². The molecule has 0 heterocycles. The number of rotatable bonds is 7. The first kappa shape index (κ1) is 13.2. The highest BCUT2D eigenvalue weighted by molar-refractivity contribution is 5.14. The molecule has 0 aromatic heterocycles. The van der Waals surface area contributed by atoms with Crippen LogP contribution in [0.1, 0.15) is 12.5 Å². The molecule has 0 fully saturated rings. The van der Waals surface area contributed by atoms with E-state index in [1.165, 1.54) is 5.56 Å². The van der Waals surface area contributed by atoms with Crippen molar-refractivity contribution < 1.29 is 4.74 Å². The van der Waals surface area contributed by atoms with Crippen LogP contribution in [0.5, 0.6) is 0 Å². The highest BCUT2D eigenvalue weighted by Gasteiger charge is 2.10. The first-order chi connectivity index (χ1) is 7.80. The molecule has 0 saturated heterocycles. The Kier molecular flexibility index (Phi) is 6.08. The molecule has 1 aromatic carbocycles. The summed E-state index contributed by atoms with van der Waals surface area (Å²) >= 11 is 0. The van der Waals surface area contributed by atoms with Crippen molar-refractivity contribution in [1.29, 1.82) is 0 Å². The summed E-state index contributed by atoms with van der Waals surface area (Å²) in [4.78, 5) is 2.34. The van der Waals surface area contributed by atoms with E-state index in [4.69, 9.17) is 10.5 Å². The molecule has 0 radical (unpaired) electrons. The summed E-state index contributed by atoms with van der Waals surface area (Å²) in [5.74, 6) is 0. The van der Waals surface area contributed by atoms with Crippen LogP contribution in [-0.4, -0.2) is 37.7 Å². The van der Waals surface area contributed by atoms with Gasteiger partial charge in [0, 0.05) is 26.7 Å². The predicted molar refractivity (Wildman–Crippen MR) is 67.2 cm³/mol. The van der Waals surface area contributed by atoms with Gasteiger partial charge in [-0.1, -0.05) is 37.3 Å². The minimum atomic E-state index is 0.128. The Morgan fingerprint density at radius 2 is 2.00 bits per heavy atom. The zero-order chi connectivity index (χ0) is 11.8. The first-order valence-corrected chi connectivity index (χ1v) is 5.79. The third kappa shape index (κ3) is 4.31. The SMILES string of the molecule is CCN(Cc1ccccc1)CC(CN)OC. The van der Waals surface area contributed by atoms with Gasteiger partial charge in [0.25, 0.3) is 0 Å². The quantitative estimate of drug-likeness (QED) is 0.759. The molecule has 16 heavy (non-hydrogen) atoms. The Morgan fingerprint density at radius 3 is 2.50 bits per heavy atom. The lowest BCUT2D eigenvalue weighted by molar-refractivity contribution is 0.0691. The molecular formula is C13H22N2O. The van der Waals surface area contributed by atoms with Gasteiger partial charge >= 0.3 is 0 Å². The van der Waals surface area contributed by atoms with Crippen molar-refractivity contribution >= 4 is 0 Å². The van der Waals surface area contributed by atoms with Crippen molar-refractivity contribution in [2.24, 2.45) is 5.73 Å². The fourth-order valence-electron chi connectivity index (χ4n) is 1.68. The molecule has 0 amide bonds. The Hall–Kier alpha value is -0.900. The molecule has 0 saturated carbocycles. The molecule has 0 aliphatic heterocycles. The van der Waals surface area contributed by atoms with E-state index in [1.54, 1.807) is 7.11 Å². The molecule has 3 nitrogen and oxygen atoms in total. The molecule has 90 valence electrons. The Labute approximate surface area is 98.2 Å². The van der Waals surface area contributed by atoms with E-state index in [2.05, 4.69) is 36.1 Å². The van der Waals surface area contributed by atoms with Crippen molar-refractivity contribution in [2.45, 2.75) is 19.6 Å². The lowest BCUT2D eigenvalue weighted by atomic mass is 10.2. The molecule has 0 aliphatic carbocycles. The maximum atomic E-state index is 5.63. The lowest BCUT2D eigenvalue weighted by Gasteiger charge is -2.24. The highest BCUT2D eigenvalue weighted by Crippen LogP contribution is 2.05. The van der Waals surface area contributed by atoms with Gasteiger partial charge in [-0.3, -0.25) is 4.90 Å². The molecule has 0 spiro atoms. The number of hydrogen-bond donors (Lipinski definition) is 1. The molecule has 0 bridgehead atoms. The summed E-state index contributed by atoms with van der Waals surface area (Å²) in [7, 11) is 1.72. The van der Waals surface area contributed by atoms with E-state index in [-0.39, 0.29) is 6.10 Å². The van der Waals surface area contributed by atoms with Gasteiger partial charge in [0.05, 0.1) is 6.10 Å². The Morgan fingerprint density at radius 1 is 1.31 bits per heavy atom. The number of nitrogens with two attached hydrogens (primary N) is 1. The van der Waals surface area contributed by atoms with E-state index < -0.39 is 0 Å². The molecule has 1 aromatic rings. The van der Waals surface area contributed by atoms with E-state index in [0.717, 1.165) is 19.6 Å². The normalized spacial score (nSPS) is 13.0. The summed E-state index contributed by atoms with van der Waals surface area (Å²) in [6, 6.07) is 10.5. The third-order valence-corrected chi connectivity index (χ3v) is 2.75. The van der Waals surface area contributed by atoms with Crippen LogP contribution < -0.4 is 5.73 Å². The number of methoxy groups -OCH3 is 1. The van der Waals surface area contributed by atoms with Crippen molar-refractivity contribution in [2.75, 3.05) is 26.7 Å². The standard InChI is InChI=1S/C13H22N2O/c1-3-15(11-13(9-14)16-2)10-12-7-5-4-6-8-12/h4-8,13H,3,9-11,14H2,1-2H3. The maximum Gasteiger partial charge on any atom is 0.0820 e. The summed E-state index contributed by atoms with van der Waals surface area (Å²) in [6.07, 6.45) is 0.128. The topological polar surface area (TPSA) is 38.5 Å². The van der Waals surface area contributed by atoms with Crippen LogP contribution >= 0.6 is 0 Å². The van der Waals surface area contributed by atoms with Crippen LogP contribution in [-0.2, 0) is 11.3 Å². The number of nitrogens with zero attached hydrogens (tertiary/aromatic N) is 1. The molecular weight excluding hydrogens is 200 g/mol. The average molecular weight is 222 g/mol. The van der Waals surface area contributed by atoms with E-state index in [0.29, 0.717) is 6.54 Å². The first-order valence-electron chi connectivity index (χ1n) is 5.79. The monoisotopic (exact) mass is 222 g/mol. The highest BCUT2D eigenvalue weighted by atomic mass is 16.5. The molecule has 1 rings (SSSR count). The van der Waals surface area contributed by atoms with Crippen molar-refractivity contribution in [3.8, 4) is 0 Å². The fraction of sp³-hybridized carbons (Fsp3) is 0.538. The number of likely N-dealkylation sites (N-methyl/N-ethyl adjacent to an activating group) is 1. The largest absolute Gasteiger partial charge is 0.379 e. The van der Waals surface area contributed by atoms with E-state index >= 15 is 0 Å². The van der Waals surface area contributed by atoms with Crippen LogP contribution in [0, 0.1) is 0 Å². The summed E-state index contributed by atoms with van der Waals surface area (Å²) in [5, 5.41) is 0. The lowest BCUT2D eigenvalue weighted by Crippen LogP contribution is -2.37. The molecule has 2 N–H and O–H groups in total. The summed E-state index contributed by atoms with van der Waals surface area (Å²) in [5.41, 5.74) is 6.96. The second-order valence-corrected chi connectivity index (χ2v) is 3.91. The fourth-order valence-corrected chi connectivity index (χ4v) is 1.68. The molecule has 1 atom stereocenters. The predicted octanol–water partition coefficient (Wildman–Crippen LogP) is 1.48. The van der Waals surface area contributed by atoms with Gasteiger partial charge < -0.3 is 10.5 Å². The number of ether oxygens (including phenoxy) is 1. The minimum Gasteiger partial charge on any atom is -0.379 e. The second kappa shape index (κ2) is 7.39. The zero-order valence-electron chi connectivity index (χ0n) is 10.2. The third-order valence-electron chi connectivity index (χ3n) is 2.75. The number of hydrogen-bond acceptors (Lipinski definition) is 3. The van der Waals surface area contributed by atoms with Crippen molar-refractivity contribution in [1.82, 2.24) is 4.90 Å². The van der Waals surface area contributed by atoms with Gasteiger partial charge in [-0.05, 0) is 12.1 Å². The van der Waals surface area contributed by atoms with Crippen LogP contribution in [0.2, 0.25) is 0 Å². The summed E-state index contributed by atoms with van der Waals surface area (Å²) in [6.45, 7) is 5.58.